The number of fused-ring (bicyclic) bond motifs is 1. The van der Waals surface area contributed by atoms with E-state index >= 15 is 0 Å². The maximum Gasteiger partial charge on any atom is 0.264 e. The first-order valence-electron chi connectivity index (χ1n) is 9.12. The molecule has 0 saturated carbocycles. The Morgan fingerprint density at radius 1 is 1.29 bits per heavy atom. The van der Waals surface area contributed by atoms with E-state index in [2.05, 4.69) is 26.6 Å². The Morgan fingerprint density at radius 2 is 1.96 bits per heavy atom. The molecule has 1 fully saturated rings. The minimum absolute atomic E-state index is 0.0353. The molecule has 0 N–H and O–H groups in total. The Hall–Kier alpha value is -2.37. The lowest BCUT2D eigenvalue weighted by atomic mass is 9.98. The minimum Gasteiger partial charge on any atom is -0.348 e. The third-order valence-corrected chi connectivity index (χ3v) is 6.60. The first-order valence-corrected chi connectivity index (χ1v) is 10.7. The van der Waals surface area contributed by atoms with Crippen LogP contribution in [0, 0.1) is 17.2 Å². The fourth-order valence-corrected chi connectivity index (χ4v) is 4.80. The standard InChI is InChI=1S/C20H20BrN5OS/c1-24(2)20-23-16-11-17(18(27)25-9-7-13(12-22)8-10-25)28-19(16)26(20)15-5-3-14(21)4-6-15/h3-6,11,13H,7-10H2,1-2H3. The van der Waals surface area contributed by atoms with Crippen LogP contribution < -0.4 is 4.90 Å². The number of hydrogen-bond donors (Lipinski definition) is 0. The maximum atomic E-state index is 13.0. The van der Waals surface area contributed by atoms with Gasteiger partial charge in [-0.25, -0.2) is 4.98 Å². The van der Waals surface area contributed by atoms with Gasteiger partial charge in [0.2, 0.25) is 5.95 Å². The van der Waals surface area contributed by atoms with Crippen LogP contribution in [0.3, 0.4) is 0 Å². The number of halogens is 1. The van der Waals surface area contributed by atoms with Gasteiger partial charge in [0, 0.05) is 43.3 Å². The summed E-state index contributed by atoms with van der Waals surface area (Å²) in [7, 11) is 3.93. The summed E-state index contributed by atoms with van der Waals surface area (Å²) in [5.74, 6) is 0.933. The van der Waals surface area contributed by atoms with Gasteiger partial charge in [-0.2, -0.15) is 5.26 Å². The highest BCUT2D eigenvalue weighted by Gasteiger charge is 2.26. The maximum absolute atomic E-state index is 13.0. The van der Waals surface area contributed by atoms with Crippen molar-refractivity contribution in [2.45, 2.75) is 12.8 Å². The molecular formula is C20H20BrN5OS. The molecule has 28 heavy (non-hydrogen) atoms. The number of benzene rings is 1. The molecule has 8 heteroatoms. The summed E-state index contributed by atoms with van der Waals surface area (Å²) in [5.41, 5.74) is 1.83. The SMILES string of the molecule is CN(C)c1nc2cc(C(=O)N3CCC(C#N)CC3)sc2n1-c1ccc(Br)cc1. The average molecular weight is 458 g/mol. The third kappa shape index (κ3) is 3.40. The van der Waals surface area contributed by atoms with Gasteiger partial charge in [-0.3, -0.25) is 9.36 Å². The van der Waals surface area contributed by atoms with Crippen LogP contribution in [0.1, 0.15) is 22.5 Å². The summed E-state index contributed by atoms with van der Waals surface area (Å²) in [4.78, 5) is 23.2. The number of likely N-dealkylation sites (tertiary alicyclic amines) is 1. The van der Waals surface area contributed by atoms with Crippen molar-refractivity contribution in [1.29, 1.82) is 5.26 Å². The first-order chi connectivity index (χ1) is 13.5. The number of aromatic nitrogens is 2. The lowest BCUT2D eigenvalue weighted by molar-refractivity contribution is 0.0712. The second-order valence-corrected chi connectivity index (χ2v) is 9.06. The topological polar surface area (TPSA) is 65.2 Å². The van der Waals surface area contributed by atoms with Crippen LogP contribution in [0.2, 0.25) is 0 Å². The number of hydrogen-bond acceptors (Lipinski definition) is 5. The quantitative estimate of drug-likeness (QED) is 0.588. The molecule has 1 aliphatic heterocycles. The van der Waals surface area contributed by atoms with Gasteiger partial charge in [-0.15, -0.1) is 11.3 Å². The summed E-state index contributed by atoms with van der Waals surface area (Å²) in [6.07, 6.45) is 1.50. The second kappa shape index (κ2) is 7.57. The Labute approximate surface area is 176 Å². The van der Waals surface area contributed by atoms with Gasteiger partial charge in [-0.05, 0) is 43.2 Å². The second-order valence-electron chi connectivity index (χ2n) is 7.11. The van der Waals surface area contributed by atoms with Crippen LogP contribution >= 0.6 is 27.3 Å². The fraction of sp³-hybridized carbons (Fsp3) is 0.350. The molecule has 0 atom stereocenters. The average Bonchev–Trinajstić information content (AvgIpc) is 3.26. The monoisotopic (exact) mass is 457 g/mol. The summed E-state index contributed by atoms with van der Waals surface area (Å²) in [6.45, 7) is 1.28. The predicted molar refractivity (Wildman–Crippen MR) is 115 cm³/mol. The van der Waals surface area contributed by atoms with E-state index in [0.717, 1.165) is 39.3 Å². The van der Waals surface area contributed by atoms with Gasteiger partial charge < -0.3 is 9.80 Å². The van der Waals surface area contributed by atoms with Crippen molar-refractivity contribution in [3.8, 4) is 11.8 Å². The Kier molecular flexibility index (Phi) is 5.13. The highest BCUT2D eigenvalue weighted by Crippen LogP contribution is 2.34. The molecular weight excluding hydrogens is 438 g/mol. The predicted octanol–water partition coefficient (Wildman–Crippen LogP) is 4.29. The molecule has 2 aromatic heterocycles. The van der Waals surface area contributed by atoms with Gasteiger partial charge in [0.1, 0.15) is 10.3 Å². The van der Waals surface area contributed by atoms with E-state index < -0.39 is 0 Å². The molecule has 1 aromatic carbocycles. The van der Waals surface area contributed by atoms with Crippen molar-refractivity contribution < 1.29 is 4.79 Å². The van der Waals surface area contributed by atoms with Crippen LogP contribution in [-0.2, 0) is 0 Å². The van der Waals surface area contributed by atoms with Crippen molar-refractivity contribution in [2.24, 2.45) is 5.92 Å². The van der Waals surface area contributed by atoms with Gasteiger partial charge in [0.25, 0.3) is 5.91 Å². The number of carbonyl (C=O) groups excluding carboxylic acids is 1. The molecule has 3 aromatic rings. The molecule has 4 rings (SSSR count). The van der Waals surface area contributed by atoms with E-state index in [0.29, 0.717) is 18.0 Å². The Balaban J connectivity index is 1.71. The molecule has 0 radical (unpaired) electrons. The van der Waals surface area contributed by atoms with Crippen molar-refractivity contribution in [2.75, 3.05) is 32.1 Å². The fourth-order valence-electron chi connectivity index (χ4n) is 3.46. The van der Waals surface area contributed by atoms with E-state index in [4.69, 9.17) is 10.2 Å². The minimum atomic E-state index is 0.0353. The lowest BCUT2D eigenvalue weighted by Gasteiger charge is -2.28. The summed E-state index contributed by atoms with van der Waals surface area (Å²) >= 11 is 4.95. The zero-order chi connectivity index (χ0) is 19.8. The van der Waals surface area contributed by atoms with E-state index in [1.54, 1.807) is 0 Å². The summed E-state index contributed by atoms with van der Waals surface area (Å²) < 4.78 is 3.10. The summed E-state index contributed by atoms with van der Waals surface area (Å²) in [5, 5.41) is 9.06. The van der Waals surface area contributed by atoms with Crippen LogP contribution in [0.15, 0.2) is 34.8 Å². The zero-order valence-corrected chi connectivity index (χ0v) is 18.1. The van der Waals surface area contributed by atoms with E-state index in [9.17, 15) is 4.79 Å². The molecule has 1 saturated heterocycles. The van der Waals surface area contributed by atoms with Gasteiger partial charge in [0.15, 0.2) is 0 Å². The molecule has 6 nitrogen and oxygen atoms in total. The van der Waals surface area contributed by atoms with Crippen molar-refractivity contribution >= 4 is 49.5 Å². The Bertz CT molecular complexity index is 1050. The van der Waals surface area contributed by atoms with E-state index in [-0.39, 0.29) is 11.8 Å². The molecule has 1 amide bonds. The number of carbonyl (C=O) groups is 1. The highest BCUT2D eigenvalue weighted by atomic mass is 79.9. The zero-order valence-electron chi connectivity index (χ0n) is 15.7. The number of piperidine rings is 1. The molecule has 0 unspecified atom stereocenters. The molecule has 1 aliphatic rings. The number of rotatable bonds is 3. The normalized spacial score (nSPS) is 15.0. The van der Waals surface area contributed by atoms with Crippen molar-refractivity contribution in [3.63, 3.8) is 0 Å². The summed E-state index contributed by atoms with van der Waals surface area (Å²) in [6, 6.07) is 12.3. The molecule has 0 bridgehead atoms. The van der Waals surface area contributed by atoms with Gasteiger partial charge >= 0.3 is 0 Å². The van der Waals surface area contributed by atoms with E-state index in [1.165, 1.54) is 11.3 Å². The van der Waals surface area contributed by atoms with Crippen LogP contribution in [0.5, 0.6) is 0 Å². The number of nitriles is 1. The highest BCUT2D eigenvalue weighted by molar-refractivity contribution is 9.10. The number of imidazole rings is 1. The number of anilines is 1. The van der Waals surface area contributed by atoms with Crippen LogP contribution in [-0.4, -0.2) is 47.5 Å². The largest absolute Gasteiger partial charge is 0.348 e. The Morgan fingerprint density at radius 3 is 2.57 bits per heavy atom. The molecule has 0 aliphatic carbocycles. The van der Waals surface area contributed by atoms with Crippen LogP contribution in [0.4, 0.5) is 5.95 Å². The number of nitrogens with zero attached hydrogens (tertiary/aromatic N) is 5. The van der Waals surface area contributed by atoms with Gasteiger partial charge in [-0.1, -0.05) is 15.9 Å². The van der Waals surface area contributed by atoms with Gasteiger partial charge in [0.05, 0.1) is 10.9 Å². The van der Waals surface area contributed by atoms with E-state index in [1.807, 2.05) is 54.2 Å². The lowest BCUT2D eigenvalue weighted by Crippen LogP contribution is -2.37. The third-order valence-electron chi connectivity index (χ3n) is 4.98. The van der Waals surface area contributed by atoms with Crippen LogP contribution in [0.25, 0.3) is 16.0 Å². The van der Waals surface area contributed by atoms with Crippen molar-refractivity contribution in [3.05, 3.63) is 39.7 Å². The molecule has 3 heterocycles. The number of amides is 1. The van der Waals surface area contributed by atoms with Crippen molar-refractivity contribution in [1.82, 2.24) is 14.5 Å². The molecule has 144 valence electrons. The number of thiophene rings is 1. The first kappa shape index (κ1) is 19.0. The smallest absolute Gasteiger partial charge is 0.264 e. The molecule has 0 spiro atoms.